The minimum atomic E-state index is 0.763. The Morgan fingerprint density at radius 1 is 1.00 bits per heavy atom. The van der Waals surface area contributed by atoms with Crippen molar-refractivity contribution in [1.82, 2.24) is 15.2 Å². The number of rotatable bonds is 5. The van der Waals surface area contributed by atoms with E-state index in [0.29, 0.717) is 0 Å². The summed E-state index contributed by atoms with van der Waals surface area (Å²) in [6.45, 7) is 2.07. The molecule has 0 saturated heterocycles. The zero-order chi connectivity index (χ0) is 14.5. The highest BCUT2D eigenvalue weighted by atomic mass is 15.2. The number of hydrogen-bond donors (Lipinski definition) is 1. The van der Waals surface area contributed by atoms with Crippen LogP contribution in [0.15, 0.2) is 54.6 Å². The van der Waals surface area contributed by atoms with Crippen molar-refractivity contribution in [2.24, 2.45) is 0 Å². The molecule has 1 aromatic heterocycles. The molecule has 0 unspecified atom stereocenters. The lowest BCUT2D eigenvalue weighted by Gasteiger charge is -1.99. The van der Waals surface area contributed by atoms with Gasteiger partial charge in [0.1, 0.15) is 5.82 Å². The van der Waals surface area contributed by atoms with Gasteiger partial charge in [-0.15, -0.1) is 0 Å². The molecule has 1 radical (unpaired) electrons. The molecule has 21 heavy (non-hydrogen) atoms. The maximum atomic E-state index is 4.55. The van der Waals surface area contributed by atoms with E-state index in [1.54, 1.807) is 0 Å². The standard InChI is InChI=1S/C18H18N3/c1-14-8-5-6-12-16(14)18-19-17(20-21-18)13-7-11-15-9-3-2-4-10-15/h2-6,8-10,12-13H,7,11H2,1H3,(H,19,20,21). The van der Waals surface area contributed by atoms with Gasteiger partial charge in [-0.1, -0.05) is 54.6 Å². The fourth-order valence-electron chi connectivity index (χ4n) is 2.33. The Hall–Kier alpha value is -2.42. The van der Waals surface area contributed by atoms with Gasteiger partial charge in [-0.3, -0.25) is 5.10 Å². The van der Waals surface area contributed by atoms with Gasteiger partial charge in [0.25, 0.3) is 0 Å². The molecular formula is C18H18N3. The van der Waals surface area contributed by atoms with Gasteiger partial charge in [-0.05, 0) is 30.9 Å². The predicted molar refractivity (Wildman–Crippen MR) is 84.7 cm³/mol. The molecular weight excluding hydrogens is 258 g/mol. The number of H-pyrrole nitrogens is 1. The first kappa shape index (κ1) is 13.6. The van der Waals surface area contributed by atoms with Gasteiger partial charge in [-0.25, -0.2) is 4.98 Å². The van der Waals surface area contributed by atoms with Crippen LogP contribution in [0.1, 0.15) is 23.4 Å². The molecule has 2 aromatic carbocycles. The van der Waals surface area contributed by atoms with Crippen molar-refractivity contribution in [2.75, 3.05) is 0 Å². The Bertz CT molecular complexity index is 701. The molecule has 0 aliphatic carbocycles. The van der Waals surface area contributed by atoms with Crippen LogP contribution >= 0.6 is 0 Å². The van der Waals surface area contributed by atoms with Crippen molar-refractivity contribution in [2.45, 2.75) is 19.8 Å². The van der Waals surface area contributed by atoms with Crippen LogP contribution in [-0.4, -0.2) is 15.2 Å². The number of nitrogens with one attached hydrogen (secondary N) is 1. The van der Waals surface area contributed by atoms with E-state index in [0.717, 1.165) is 30.1 Å². The third-order valence-corrected chi connectivity index (χ3v) is 3.50. The molecule has 0 aliphatic rings. The Morgan fingerprint density at radius 2 is 1.76 bits per heavy atom. The molecule has 3 heteroatoms. The molecule has 105 valence electrons. The molecule has 3 nitrogen and oxygen atoms in total. The van der Waals surface area contributed by atoms with Gasteiger partial charge in [0.05, 0.1) is 0 Å². The summed E-state index contributed by atoms with van der Waals surface area (Å²) in [7, 11) is 0. The van der Waals surface area contributed by atoms with Crippen molar-refractivity contribution in [3.05, 3.63) is 78.0 Å². The second kappa shape index (κ2) is 6.35. The first-order valence-electron chi connectivity index (χ1n) is 7.18. The number of nitrogens with zero attached hydrogens (tertiary/aromatic N) is 2. The summed E-state index contributed by atoms with van der Waals surface area (Å²) in [5.74, 6) is 1.60. The Labute approximate surface area is 125 Å². The van der Waals surface area contributed by atoms with E-state index in [2.05, 4.69) is 58.9 Å². The third kappa shape index (κ3) is 3.37. The molecule has 0 saturated carbocycles. The molecule has 0 bridgehead atoms. The van der Waals surface area contributed by atoms with Gasteiger partial charge < -0.3 is 0 Å². The van der Waals surface area contributed by atoms with Gasteiger partial charge in [0, 0.05) is 12.0 Å². The Morgan fingerprint density at radius 3 is 2.57 bits per heavy atom. The molecule has 1 N–H and O–H groups in total. The summed E-state index contributed by atoms with van der Waals surface area (Å²) in [5.41, 5.74) is 3.61. The monoisotopic (exact) mass is 276 g/mol. The summed E-state index contributed by atoms with van der Waals surface area (Å²) in [4.78, 5) is 4.55. The largest absolute Gasteiger partial charge is 0.262 e. The summed E-state index contributed by atoms with van der Waals surface area (Å²) < 4.78 is 0. The highest BCUT2D eigenvalue weighted by Crippen LogP contribution is 2.19. The van der Waals surface area contributed by atoms with Crippen LogP contribution in [-0.2, 0) is 6.42 Å². The molecule has 3 aromatic rings. The Kier molecular flexibility index (Phi) is 4.10. The second-order valence-corrected chi connectivity index (χ2v) is 5.09. The predicted octanol–water partition coefficient (Wildman–Crippen LogP) is 3.97. The zero-order valence-electron chi connectivity index (χ0n) is 12.1. The number of hydrogen-bond acceptors (Lipinski definition) is 2. The molecule has 0 fully saturated rings. The van der Waals surface area contributed by atoms with E-state index in [4.69, 9.17) is 0 Å². The summed E-state index contributed by atoms with van der Waals surface area (Å²) in [5, 5.41) is 7.31. The minimum Gasteiger partial charge on any atom is -0.262 e. The van der Waals surface area contributed by atoms with Crippen LogP contribution in [0, 0.1) is 13.3 Å². The fraction of sp³-hybridized carbons (Fsp3) is 0.167. The van der Waals surface area contributed by atoms with Crippen molar-refractivity contribution in [3.8, 4) is 11.4 Å². The summed E-state index contributed by atoms with van der Waals surface area (Å²) in [6.07, 6.45) is 4.06. The molecule has 0 aliphatic heterocycles. The third-order valence-electron chi connectivity index (χ3n) is 3.50. The number of aryl methyl sites for hydroxylation is 2. The molecule has 1 heterocycles. The van der Waals surface area contributed by atoms with Crippen LogP contribution < -0.4 is 0 Å². The first-order chi connectivity index (χ1) is 10.3. The van der Waals surface area contributed by atoms with Crippen LogP contribution in [0.25, 0.3) is 11.4 Å². The topological polar surface area (TPSA) is 41.6 Å². The SMILES string of the molecule is Cc1ccccc1-c1n[nH]c([CH]CCc2ccccc2)n1. The zero-order valence-corrected chi connectivity index (χ0v) is 12.1. The van der Waals surface area contributed by atoms with E-state index in [1.165, 1.54) is 11.1 Å². The van der Waals surface area contributed by atoms with E-state index >= 15 is 0 Å². The van der Waals surface area contributed by atoms with Crippen LogP contribution in [0.2, 0.25) is 0 Å². The van der Waals surface area contributed by atoms with E-state index in [9.17, 15) is 0 Å². The van der Waals surface area contributed by atoms with Crippen LogP contribution in [0.5, 0.6) is 0 Å². The van der Waals surface area contributed by atoms with E-state index in [1.807, 2.05) is 24.3 Å². The van der Waals surface area contributed by atoms with Crippen LogP contribution in [0.3, 0.4) is 0 Å². The highest BCUT2D eigenvalue weighted by molar-refractivity contribution is 5.59. The van der Waals surface area contributed by atoms with Gasteiger partial charge in [0.2, 0.25) is 0 Å². The van der Waals surface area contributed by atoms with Crippen molar-refractivity contribution >= 4 is 0 Å². The van der Waals surface area contributed by atoms with Crippen molar-refractivity contribution in [1.29, 1.82) is 0 Å². The molecule has 3 rings (SSSR count). The second-order valence-electron chi connectivity index (χ2n) is 5.09. The van der Waals surface area contributed by atoms with E-state index in [-0.39, 0.29) is 0 Å². The average molecular weight is 276 g/mol. The maximum Gasteiger partial charge on any atom is 0.181 e. The Balaban J connectivity index is 1.62. The lowest BCUT2D eigenvalue weighted by Crippen LogP contribution is -1.90. The maximum absolute atomic E-state index is 4.55. The van der Waals surface area contributed by atoms with Crippen molar-refractivity contribution < 1.29 is 0 Å². The number of benzene rings is 2. The van der Waals surface area contributed by atoms with Crippen LogP contribution in [0.4, 0.5) is 0 Å². The first-order valence-corrected chi connectivity index (χ1v) is 7.18. The minimum absolute atomic E-state index is 0.763. The van der Waals surface area contributed by atoms with Gasteiger partial charge in [0.15, 0.2) is 5.82 Å². The van der Waals surface area contributed by atoms with Gasteiger partial charge in [-0.2, -0.15) is 5.10 Å². The summed E-state index contributed by atoms with van der Waals surface area (Å²) in [6, 6.07) is 18.6. The molecule has 0 atom stereocenters. The normalized spacial score (nSPS) is 10.7. The number of aromatic nitrogens is 3. The molecule has 0 amide bonds. The number of aromatic amines is 1. The van der Waals surface area contributed by atoms with Crippen molar-refractivity contribution in [3.63, 3.8) is 0 Å². The highest BCUT2D eigenvalue weighted by Gasteiger charge is 2.08. The quantitative estimate of drug-likeness (QED) is 0.766. The van der Waals surface area contributed by atoms with Gasteiger partial charge >= 0.3 is 0 Å². The average Bonchev–Trinajstić information content (AvgIpc) is 2.97. The lowest BCUT2D eigenvalue weighted by atomic mass is 10.1. The summed E-state index contributed by atoms with van der Waals surface area (Å²) >= 11 is 0. The lowest BCUT2D eigenvalue weighted by molar-refractivity contribution is 0.910. The van der Waals surface area contributed by atoms with E-state index < -0.39 is 0 Å². The fourth-order valence-corrected chi connectivity index (χ4v) is 2.33. The smallest absolute Gasteiger partial charge is 0.181 e. The molecule has 0 spiro atoms.